The molecule has 2 rings (SSSR count). The van der Waals surface area contributed by atoms with Gasteiger partial charge < -0.3 is 10.1 Å². The molecule has 0 saturated carbocycles. The van der Waals surface area contributed by atoms with Crippen LogP contribution in [0.3, 0.4) is 0 Å². The Kier molecular flexibility index (Phi) is 4.90. The number of hydrogen-bond acceptors (Lipinski definition) is 5. The second kappa shape index (κ2) is 6.67. The molecule has 2 aromatic heterocycles. The predicted molar refractivity (Wildman–Crippen MR) is 81.6 cm³/mol. The van der Waals surface area contributed by atoms with Crippen molar-refractivity contribution in [1.82, 2.24) is 25.1 Å². The SMILES string of the molecule is CNCc1nc(C(C)C)ncc1Oc1cnn(C(C)C)c1. The maximum atomic E-state index is 5.88. The standard InChI is InChI=1S/C15H23N5O/c1-10(2)15-17-8-14(13(19-15)7-16-5)21-12-6-18-20(9-12)11(3)4/h6,8-11,16H,7H2,1-5H3. The van der Waals surface area contributed by atoms with E-state index in [0.29, 0.717) is 30.0 Å². The number of nitrogens with one attached hydrogen (secondary N) is 1. The van der Waals surface area contributed by atoms with E-state index in [0.717, 1.165) is 11.5 Å². The summed E-state index contributed by atoms with van der Waals surface area (Å²) in [7, 11) is 1.89. The molecule has 0 fully saturated rings. The molecule has 21 heavy (non-hydrogen) atoms. The van der Waals surface area contributed by atoms with Crippen LogP contribution in [0.15, 0.2) is 18.6 Å². The van der Waals surface area contributed by atoms with E-state index < -0.39 is 0 Å². The number of aromatic nitrogens is 4. The lowest BCUT2D eigenvalue weighted by Crippen LogP contribution is -2.11. The first-order chi connectivity index (χ1) is 10.0. The summed E-state index contributed by atoms with van der Waals surface area (Å²) in [5.41, 5.74) is 0.855. The first-order valence-corrected chi connectivity index (χ1v) is 7.23. The van der Waals surface area contributed by atoms with Crippen molar-refractivity contribution in [1.29, 1.82) is 0 Å². The molecular formula is C15H23N5O. The van der Waals surface area contributed by atoms with Gasteiger partial charge in [0.2, 0.25) is 0 Å². The van der Waals surface area contributed by atoms with Crippen LogP contribution in [0.4, 0.5) is 0 Å². The second-order valence-corrected chi connectivity index (χ2v) is 5.58. The van der Waals surface area contributed by atoms with Crippen LogP contribution in [0.2, 0.25) is 0 Å². The molecule has 0 aliphatic carbocycles. The molecule has 0 amide bonds. The molecule has 0 radical (unpaired) electrons. The quantitative estimate of drug-likeness (QED) is 0.885. The molecule has 6 nitrogen and oxygen atoms in total. The molecule has 0 spiro atoms. The van der Waals surface area contributed by atoms with Crippen LogP contribution in [-0.4, -0.2) is 26.8 Å². The molecular weight excluding hydrogens is 266 g/mol. The van der Waals surface area contributed by atoms with Crippen molar-refractivity contribution >= 4 is 0 Å². The Morgan fingerprint density at radius 2 is 2.00 bits per heavy atom. The van der Waals surface area contributed by atoms with Crippen LogP contribution in [0.1, 0.15) is 51.2 Å². The molecule has 2 aromatic rings. The summed E-state index contributed by atoms with van der Waals surface area (Å²) in [6, 6.07) is 0.304. The van der Waals surface area contributed by atoms with E-state index in [1.54, 1.807) is 12.4 Å². The fourth-order valence-corrected chi connectivity index (χ4v) is 1.86. The Morgan fingerprint density at radius 1 is 1.24 bits per heavy atom. The summed E-state index contributed by atoms with van der Waals surface area (Å²) in [5.74, 6) is 2.47. The van der Waals surface area contributed by atoms with Crippen molar-refractivity contribution in [2.45, 2.75) is 46.2 Å². The van der Waals surface area contributed by atoms with Crippen molar-refractivity contribution < 1.29 is 4.74 Å². The van der Waals surface area contributed by atoms with E-state index in [4.69, 9.17) is 4.74 Å². The van der Waals surface area contributed by atoms with Crippen molar-refractivity contribution in [2.24, 2.45) is 0 Å². The summed E-state index contributed by atoms with van der Waals surface area (Å²) >= 11 is 0. The Hall–Kier alpha value is -1.95. The molecule has 0 aliphatic heterocycles. The molecule has 0 atom stereocenters. The molecule has 0 aromatic carbocycles. The molecule has 0 unspecified atom stereocenters. The molecule has 1 N–H and O–H groups in total. The molecule has 2 heterocycles. The minimum absolute atomic E-state index is 0.290. The summed E-state index contributed by atoms with van der Waals surface area (Å²) in [4.78, 5) is 8.94. The van der Waals surface area contributed by atoms with Crippen LogP contribution in [0, 0.1) is 0 Å². The minimum atomic E-state index is 0.290. The zero-order valence-corrected chi connectivity index (χ0v) is 13.3. The molecule has 0 aliphatic rings. The van der Waals surface area contributed by atoms with Crippen molar-refractivity contribution in [3.05, 3.63) is 30.1 Å². The van der Waals surface area contributed by atoms with Gasteiger partial charge in [-0.05, 0) is 20.9 Å². The smallest absolute Gasteiger partial charge is 0.168 e. The first-order valence-electron chi connectivity index (χ1n) is 7.23. The Balaban J connectivity index is 2.25. The monoisotopic (exact) mass is 289 g/mol. The number of nitrogens with zero attached hydrogens (tertiary/aromatic N) is 4. The molecule has 0 saturated heterocycles. The van der Waals surface area contributed by atoms with Gasteiger partial charge in [-0.2, -0.15) is 5.10 Å². The molecule has 6 heteroatoms. The van der Waals surface area contributed by atoms with Crippen LogP contribution in [-0.2, 0) is 6.54 Å². The maximum Gasteiger partial charge on any atom is 0.168 e. The summed E-state index contributed by atoms with van der Waals surface area (Å²) in [5, 5.41) is 7.38. The first kappa shape index (κ1) is 15.4. The summed E-state index contributed by atoms with van der Waals surface area (Å²) < 4.78 is 7.74. The number of ether oxygens (including phenoxy) is 1. The third kappa shape index (κ3) is 3.78. The van der Waals surface area contributed by atoms with E-state index in [-0.39, 0.29) is 0 Å². The van der Waals surface area contributed by atoms with Crippen molar-refractivity contribution in [3.63, 3.8) is 0 Å². The lowest BCUT2D eigenvalue weighted by molar-refractivity contribution is 0.460. The van der Waals surface area contributed by atoms with E-state index in [9.17, 15) is 0 Å². The van der Waals surface area contributed by atoms with Gasteiger partial charge in [-0.25, -0.2) is 9.97 Å². The van der Waals surface area contributed by atoms with Crippen molar-refractivity contribution in [2.75, 3.05) is 7.05 Å². The zero-order valence-electron chi connectivity index (χ0n) is 13.3. The van der Waals surface area contributed by atoms with Gasteiger partial charge >= 0.3 is 0 Å². The van der Waals surface area contributed by atoms with Gasteiger partial charge in [-0.1, -0.05) is 13.8 Å². The van der Waals surface area contributed by atoms with Crippen LogP contribution >= 0.6 is 0 Å². The number of rotatable bonds is 6. The second-order valence-electron chi connectivity index (χ2n) is 5.58. The van der Waals surface area contributed by atoms with Crippen LogP contribution in [0.5, 0.6) is 11.5 Å². The van der Waals surface area contributed by atoms with Gasteiger partial charge in [-0.3, -0.25) is 4.68 Å². The van der Waals surface area contributed by atoms with Crippen molar-refractivity contribution in [3.8, 4) is 11.5 Å². The van der Waals surface area contributed by atoms with Gasteiger partial charge in [0.25, 0.3) is 0 Å². The highest BCUT2D eigenvalue weighted by Crippen LogP contribution is 2.25. The third-order valence-electron chi connectivity index (χ3n) is 3.04. The highest BCUT2D eigenvalue weighted by Gasteiger charge is 2.12. The fraction of sp³-hybridized carbons (Fsp3) is 0.533. The lowest BCUT2D eigenvalue weighted by Gasteiger charge is -2.11. The largest absolute Gasteiger partial charge is 0.450 e. The molecule has 114 valence electrons. The van der Waals surface area contributed by atoms with E-state index in [1.165, 1.54) is 0 Å². The van der Waals surface area contributed by atoms with Gasteiger partial charge in [0, 0.05) is 18.5 Å². The normalized spacial score (nSPS) is 11.4. The topological polar surface area (TPSA) is 64.9 Å². The van der Waals surface area contributed by atoms with Gasteiger partial charge in [0.15, 0.2) is 11.5 Å². The fourth-order valence-electron chi connectivity index (χ4n) is 1.86. The average Bonchev–Trinajstić information content (AvgIpc) is 2.89. The highest BCUT2D eigenvalue weighted by molar-refractivity contribution is 5.30. The van der Waals surface area contributed by atoms with E-state index >= 15 is 0 Å². The minimum Gasteiger partial charge on any atom is -0.450 e. The molecule has 0 bridgehead atoms. The Bertz CT molecular complexity index is 591. The zero-order chi connectivity index (χ0) is 15.4. The Labute approximate surface area is 125 Å². The predicted octanol–water partition coefficient (Wildman–Crippen LogP) is 2.89. The van der Waals surface area contributed by atoms with Crippen LogP contribution in [0.25, 0.3) is 0 Å². The van der Waals surface area contributed by atoms with Gasteiger partial charge in [-0.15, -0.1) is 0 Å². The average molecular weight is 289 g/mol. The Morgan fingerprint density at radius 3 is 2.57 bits per heavy atom. The third-order valence-corrected chi connectivity index (χ3v) is 3.04. The van der Waals surface area contributed by atoms with E-state index in [1.807, 2.05) is 17.9 Å². The van der Waals surface area contributed by atoms with Crippen LogP contribution < -0.4 is 10.1 Å². The van der Waals surface area contributed by atoms with E-state index in [2.05, 4.69) is 48.1 Å². The highest BCUT2D eigenvalue weighted by atomic mass is 16.5. The summed E-state index contributed by atoms with van der Waals surface area (Å²) in [6.07, 6.45) is 5.32. The number of hydrogen-bond donors (Lipinski definition) is 1. The van der Waals surface area contributed by atoms with Gasteiger partial charge in [0.1, 0.15) is 11.5 Å². The van der Waals surface area contributed by atoms with Gasteiger partial charge in [0.05, 0.1) is 18.6 Å². The lowest BCUT2D eigenvalue weighted by atomic mass is 10.2. The summed E-state index contributed by atoms with van der Waals surface area (Å²) in [6.45, 7) is 8.93. The maximum absolute atomic E-state index is 5.88.